The highest BCUT2D eigenvalue weighted by Crippen LogP contribution is 2.28. The van der Waals surface area contributed by atoms with Crippen LogP contribution in [0, 0.1) is 18.8 Å². The zero-order chi connectivity index (χ0) is 26.5. The van der Waals surface area contributed by atoms with Crippen molar-refractivity contribution in [2.75, 3.05) is 5.32 Å². The molecule has 0 bridgehead atoms. The summed E-state index contributed by atoms with van der Waals surface area (Å²) in [6.07, 6.45) is 0. The monoisotopic (exact) mass is 502 g/mol. The number of amides is 1. The molecular weight excluding hydrogens is 480 g/mol. The van der Waals surface area contributed by atoms with Gasteiger partial charge in [0.05, 0.1) is 11.1 Å². The Labute approximate surface area is 218 Å². The van der Waals surface area contributed by atoms with Crippen LogP contribution in [0.2, 0.25) is 0 Å². The van der Waals surface area contributed by atoms with Crippen molar-refractivity contribution < 1.29 is 19.2 Å². The number of fused-ring (bicyclic) bond motifs is 1. The number of benzene rings is 4. The maximum Gasteiger partial charge on any atom is 0.366 e. The molecule has 1 atom stereocenters. The van der Waals surface area contributed by atoms with E-state index in [1.807, 2.05) is 48.5 Å². The van der Waals surface area contributed by atoms with Gasteiger partial charge in [0.1, 0.15) is 11.5 Å². The molecule has 1 aromatic heterocycles. The standard InChI is InChI=1S/C31H22N2O5/c1-21-28-20-24(14-17-27(28)29(34)38-33-21)32-30(35)31(36,19-18-22-8-4-2-5-9-22)23-12-15-26(16-13-23)37-25-10-6-3-7-11-25/h2-17,20,36H,1H3,(H,32,35). The number of anilines is 1. The Bertz CT molecular complexity index is 1720. The number of carbonyl (C=O) groups is 1. The van der Waals surface area contributed by atoms with E-state index >= 15 is 0 Å². The maximum absolute atomic E-state index is 13.5. The van der Waals surface area contributed by atoms with Crippen molar-refractivity contribution in [3.05, 3.63) is 130 Å². The molecule has 0 saturated carbocycles. The summed E-state index contributed by atoms with van der Waals surface area (Å²) in [5.74, 6) is 6.08. The second-order valence-electron chi connectivity index (χ2n) is 8.54. The number of hydrogen-bond donors (Lipinski definition) is 2. The lowest BCUT2D eigenvalue weighted by atomic mass is 9.92. The minimum atomic E-state index is -2.20. The van der Waals surface area contributed by atoms with Crippen LogP contribution in [0.1, 0.15) is 16.8 Å². The number of hydrogen-bond acceptors (Lipinski definition) is 6. The first-order valence-corrected chi connectivity index (χ1v) is 11.8. The fourth-order valence-electron chi connectivity index (χ4n) is 3.86. The molecule has 0 radical (unpaired) electrons. The summed E-state index contributed by atoms with van der Waals surface area (Å²) in [5.41, 5.74) is -1.02. The normalized spacial score (nSPS) is 12.2. The zero-order valence-electron chi connectivity index (χ0n) is 20.3. The first-order valence-electron chi connectivity index (χ1n) is 11.8. The van der Waals surface area contributed by atoms with Crippen molar-refractivity contribution in [1.82, 2.24) is 5.16 Å². The van der Waals surface area contributed by atoms with Crippen LogP contribution in [0.15, 0.2) is 112 Å². The highest BCUT2D eigenvalue weighted by atomic mass is 16.5. The number of rotatable bonds is 5. The van der Waals surface area contributed by atoms with Gasteiger partial charge in [0.2, 0.25) is 5.60 Å². The third-order valence-electron chi connectivity index (χ3n) is 5.89. The van der Waals surface area contributed by atoms with Gasteiger partial charge in [-0.2, -0.15) is 0 Å². The molecule has 7 nitrogen and oxygen atoms in total. The van der Waals surface area contributed by atoms with E-state index in [0.717, 1.165) is 0 Å². The first kappa shape index (κ1) is 24.5. The quantitative estimate of drug-likeness (QED) is 0.322. The number of carbonyl (C=O) groups excluding carboxylic acids is 1. The highest BCUT2D eigenvalue weighted by Gasteiger charge is 2.36. The van der Waals surface area contributed by atoms with Gasteiger partial charge in [-0.15, -0.1) is 0 Å². The zero-order valence-corrected chi connectivity index (χ0v) is 20.3. The lowest BCUT2D eigenvalue weighted by Gasteiger charge is -2.22. The molecule has 5 aromatic rings. The molecular formula is C31H22N2O5. The van der Waals surface area contributed by atoms with E-state index in [9.17, 15) is 14.7 Å². The van der Waals surface area contributed by atoms with Crippen molar-refractivity contribution in [3.8, 4) is 23.3 Å². The molecule has 38 heavy (non-hydrogen) atoms. The van der Waals surface area contributed by atoms with E-state index in [0.29, 0.717) is 39.2 Å². The van der Waals surface area contributed by atoms with Gasteiger partial charge in [-0.25, -0.2) is 4.79 Å². The smallest absolute Gasteiger partial charge is 0.366 e. The minimum Gasteiger partial charge on any atom is -0.457 e. The van der Waals surface area contributed by atoms with Crippen LogP contribution in [-0.4, -0.2) is 16.2 Å². The summed E-state index contributed by atoms with van der Waals surface area (Å²) >= 11 is 0. The molecule has 0 spiro atoms. The highest BCUT2D eigenvalue weighted by molar-refractivity contribution is 6.01. The molecule has 1 heterocycles. The van der Waals surface area contributed by atoms with Crippen molar-refractivity contribution in [2.24, 2.45) is 0 Å². The van der Waals surface area contributed by atoms with E-state index in [1.165, 1.54) is 6.07 Å². The van der Waals surface area contributed by atoms with Crippen LogP contribution in [0.5, 0.6) is 11.5 Å². The summed E-state index contributed by atoms with van der Waals surface area (Å²) < 4.78 is 10.6. The SMILES string of the molecule is Cc1noc(=O)c2ccc(NC(=O)C(O)(C#Cc3ccccc3)c3ccc(Oc4ccccc4)cc3)cc12. The second-order valence-corrected chi connectivity index (χ2v) is 8.54. The summed E-state index contributed by atoms with van der Waals surface area (Å²) in [6, 6.07) is 29.5. The maximum atomic E-state index is 13.5. The van der Waals surface area contributed by atoms with Crippen LogP contribution in [0.25, 0.3) is 10.8 Å². The van der Waals surface area contributed by atoms with Crippen molar-refractivity contribution >= 4 is 22.4 Å². The van der Waals surface area contributed by atoms with Crippen LogP contribution < -0.4 is 15.7 Å². The van der Waals surface area contributed by atoms with E-state index in [-0.39, 0.29) is 5.56 Å². The topological polar surface area (TPSA) is 102 Å². The van der Waals surface area contributed by atoms with Crippen molar-refractivity contribution in [2.45, 2.75) is 12.5 Å². The molecule has 1 unspecified atom stereocenters. The van der Waals surface area contributed by atoms with Crippen LogP contribution in [-0.2, 0) is 10.4 Å². The van der Waals surface area contributed by atoms with E-state index in [1.54, 1.807) is 55.5 Å². The Kier molecular flexibility index (Phi) is 6.72. The molecule has 186 valence electrons. The van der Waals surface area contributed by atoms with Gasteiger partial charge in [-0.1, -0.05) is 59.6 Å². The Morgan fingerprint density at radius 3 is 2.26 bits per heavy atom. The minimum absolute atomic E-state index is 0.262. The van der Waals surface area contributed by atoms with Gasteiger partial charge in [0.15, 0.2) is 0 Å². The predicted octanol–water partition coefficient (Wildman–Crippen LogP) is 5.17. The number of aliphatic hydroxyl groups is 1. The van der Waals surface area contributed by atoms with E-state index < -0.39 is 17.1 Å². The van der Waals surface area contributed by atoms with Gasteiger partial charge >= 0.3 is 5.63 Å². The molecule has 0 aliphatic carbocycles. The molecule has 0 fully saturated rings. The van der Waals surface area contributed by atoms with Crippen molar-refractivity contribution in [3.63, 3.8) is 0 Å². The van der Waals surface area contributed by atoms with Gasteiger partial charge < -0.3 is 19.7 Å². The van der Waals surface area contributed by atoms with Gasteiger partial charge in [-0.3, -0.25) is 4.79 Å². The predicted molar refractivity (Wildman–Crippen MR) is 144 cm³/mol. The summed E-state index contributed by atoms with van der Waals surface area (Å²) in [4.78, 5) is 25.5. The number of para-hydroxylation sites is 1. The fourth-order valence-corrected chi connectivity index (χ4v) is 3.86. The Balaban J connectivity index is 1.49. The number of nitrogens with one attached hydrogen (secondary N) is 1. The largest absolute Gasteiger partial charge is 0.457 e. The van der Waals surface area contributed by atoms with Gasteiger partial charge in [-0.05, 0) is 67.4 Å². The number of nitrogens with zero attached hydrogens (tertiary/aromatic N) is 1. The molecule has 4 aromatic carbocycles. The Morgan fingerprint density at radius 2 is 1.55 bits per heavy atom. The molecule has 0 saturated heterocycles. The number of aromatic nitrogens is 1. The molecule has 0 aliphatic rings. The van der Waals surface area contributed by atoms with E-state index in [4.69, 9.17) is 9.26 Å². The number of aryl methyl sites for hydroxylation is 1. The summed E-state index contributed by atoms with van der Waals surface area (Å²) in [5, 5.41) is 19.0. The molecule has 0 aliphatic heterocycles. The van der Waals surface area contributed by atoms with Crippen LogP contribution in [0.4, 0.5) is 5.69 Å². The Morgan fingerprint density at radius 1 is 0.895 bits per heavy atom. The van der Waals surface area contributed by atoms with Crippen molar-refractivity contribution in [1.29, 1.82) is 0 Å². The average molecular weight is 503 g/mol. The third kappa shape index (κ3) is 5.16. The molecule has 1 amide bonds. The lowest BCUT2D eigenvalue weighted by molar-refractivity contribution is -0.129. The van der Waals surface area contributed by atoms with E-state index in [2.05, 4.69) is 22.3 Å². The summed E-state index contributed by atoms with van der Waals surface area (Å²) in [7, 11) is 0. The summed E-state index contributed by atoms with van der Waals surface area (Å²) in [6.45, 7) is 1.69. The average Bonchev–Trinajstić information content (AvgIpc) is 2.95. The molecule has 5 rings (SSSR count). The second kappa shape index (κ2) is 10.4. The first-order chi connectivity index (χ1) is 18.4. The third-order valence-corrected chi connectivity index (χ3v) is 5.89. The van der Waals surface area contributed by atoms with Crippen LogP contribution >= 0.6 is 0 Å². The number of ether oxygens (including phenoxy) is 1. The Hall–Kier alpha value is -5.19. The molecule has 7 heteroatoms. The van der Waals surface area contributed by atoms with Crippen LogP contribution in [0.3, 0.4) is 0 Å². The molecule has 2 N–H and O–H groups in total. The fraction of sp³-hybridized carbons (Fsp3) is 0.0645. The van der Waals surface area contributed by atoms with Gasteiger partial charge in [0.25, 0.3) is 5.91 Å². The van der Waals surface area contributed by atoms with Gasteiger partial charge in [0, 0.05) is 22.2 Å². The lowest BCUT2D eigenvalue weighted by Crippen LogP contribution is -2.39.